The van der Waals surface area contributed by atoms with Crippen LogP contribution in [0.15, 0.2) is 24.3 Å². The van der Waals surface area contributed by atoms with E-state index in [0.717, 1.165) is 38.1 Å². The highest BCUT2D eigenvalue weighted by Gasteiger charge is 2.07. The Morgan fingerprint density at radius 3 is 1.00 bits per heavy atom. The topological polar surface area (TPSA) is 149 Å². The first-order valence-electron chi connectivity index (χ1n) is 20.7. The van der Waals surface area contributed by atoms with Crippen LogP contribution in [0.5, 0.6) is 0 Å². The SMILES string of the molecule is CCCCCCOCCOCCOCCOCCOCCOCCOCCOCCOCCOCCOCCOCCOC(=O)c1ccc(NCCCC)cc1. The summed E-state index contributed by atoms with van der Waals surface area (Å²) in [4.78, 5) is 12.1. The van der Waals surface area contributed by atoms with E-state index in [9.17, 15) is 4.79 Å². The number of hydrogen-bond acceptors (Lipinski definition) is 15. The van der Waals surface area contributed by atoms with Crippen molar-refractivity contribution < 1.29 is 66.4 Å². The molecule has 0 unspecified atom stereocenters. The minimum Gasteiger partial charge on any atom is -0.460 e. The molecular weight excluding hydrogens is 730 g/mol. The van der Waals surface area contributed by atoms with Crippen molar-refractivity contribution in [3.8, 4) is 0 Å². The van der Waals surface area contributed by atoms with Gasteiger partial charge in [0.25, 0.3) is 0 Å². The number of rotatable bonds is 46. The van der Waals surface area contributed by atoms with Crippen LogP contribution in [0.25, 0.3) is 0 Å². The maximum Gasteiger partial charge on any atom is 0.338 e. The van der Waals surface area contributed by atoms with E-state index >= 15 is 0 Å². The van der Waals surface area contributed by atoms with E-state index in [0.29, 0.717) is 158 Å². The van der Waals surface area contributed by atoms with Crippen molar-refractivity contribution in [1.29, 1.82) is 0 Å². The number of carbonyl (C=O) groups excluding carboxylic acids is 1. The summed E-state index contributed by atoms with van der Waals surface area (Å²) in [6.45, 7) is 17.8. The lowest BCUT2D eigenvalue weighted by Crippen LogP contribution is -2.16. The first-order chi connectivity index (χ1) is 27.8. The minimum absolute atomic E-state index is 0.189. The largest absolute Gasteiger partial charge is 0.460 e. The van der Waals surface area contributed by atoms with E-state index in [-0.39, 0.29) is 12.6 Å². The first kappa shape index (κ1) is 52.0. The maximum absolute atomic E-state index is 12.1. The summed E-state index contributed by atoms with van der Waals surface area (Å²) in [6, 6.07) is 7.29. The zero-order valence-corrected chi connectivity index (χ0v) is 34.7. The van der Waals surface area contributed by atoms with Crippen molar-refractivity contribution in [3.05, 3.63) is 29.8 Å². The Morgan fingerprint density at radius 2 is 0.679 bits per heavy atom. The summed E-state index contributed by atoms with van der Waals surface area (Å²) in [7, 11) is 0. The minimum atomic E-state index is -0.361. The van der Waals surface area contributed by atoms with Crippen LogP contribution in [0.3, 0.4) is 0 Å². The quantitative estimate of drug-likeness (QED) is 0.0708. The van der Waals surface area contributed by atoms with Crippen LogP contribution in [0.2, 0.25) is 0 Å². The smallest absolute Gasteiger partial charge is 0.338 e. The van der Waals surface area contributed by atoms with Gasteiger partial charge in [-0.25, -0.2) is 4.79 Å². The third-order valence-corrected chi connectivity index (χ3v) is 7.68. The molecule has 1 rings (SSSR count). The second-order valence-electron chi connectivity index (χ2n) is 12.4. The molecule has 0 heterocycles. The Kier molecular flexibility index (Phi) is 41.0. The van der Waals surface area contributed by atoms with Gasteiger partial charge in [-0.2, -0.15) is 0 Å². The van der Waals surface area contributed by atoms with Gasteiger partial charge >= 0.3 is 5.97 Å². The second kappa shape index (κ2) is 44.1. The number of hydrogen-bond donors (Lipinski definition) is 1. The van der Waals surface area contributed by atoms with Gasteiger partial charge in [-0.15, -0.1) is 0 Å². The molecule has 0 fully saturated rings. The van der Waals surface area contributed by atoms with Gasteiger partial charge in [-0.1, -0.05) is 39.5 Å². The summed E-state index contributed by atoms with van der Waals surface area (Å²) in [5.41, 5.74) is 1.51. The number of ether oxygens (including phenoxy) is 13. The van der Waals surface area contributed by atoms with Crippen molar-refractivity contribution in [3.63, 3.8) is 0 Å². The van der Waals surface area contributed by atoms with E-state index < -0.39 is 0 Å². The molecule has 56 heavy (non-hydrogen) atoms. The van der Waals surface area contributed by atoms with Gasteiger partial charge in [0, 0.05) is 18.8 Å². The molecule has 0 atom stereocenters. The van der Waals surface area contributed by atoms with Gasteiger partial charge in [0.05, 0.1) is 158 Å². The van der Waals surface area contributed by atoms with E-state index in [1.807, 2.05) is 12.1 Å². The molecule has 0 aromatic heterocycles. The molecule has 0 aliphatic carbocycles. The van der Waals surface area contributed by atoms with Crippen LogP contribution in [-0.4, -0.2) is 178 Å². The highest BCUT2D eigenvalue weighted by molar-refractivity contribution is 5.89. The molecule has 0 amide bonds. The van der Waals surface area contributed by atoms with Gasteiger partial charge < -0.3 is 66.9 Å². The fourth-order valence-electron chi connectivity index (χ4n) is 4.56. The van der Waals surface area contributed by atoms with E-state index in [4.69, 9.17) is 61.6 Å². The molecule has 0 aliphatic heterocycles. The molecule has 15 nitrogen and oxygen atoms in total. The van der Waals surface area contributed by atoms with E-state index in [1.165, 1.54) is 19.3 Å². The summed E-state index contributed by atoms with van der Waals surface area (Å²) in [5, 5.41) is 3.32. The molecule has 0 saturated carbocycles. The Hall–Kier alpha value is -1.99. The first-order valence-corrected chi connectivity index (χ1v) is 20.7. The molecule has 328 valence electrons. The van der Waals surface area contributed by atoms with Crippen molar-refractivity contribution in [2.75, 3.05) is 177 Å². The zero-order chi connectivity index (χ0) is 40.1. The van der Waals surface area contributed by atoms with E-state index in [2.05, 4.69) is 19.2 Å². The highest BCUT2D eigenvalue weighted by atomic mass is 16.6. The van der Waals surface area contributed by atoms with Crippen LogP contribution < -0.4 is 5.32 Å². The Morgan fingerprint density at radius 1 is 0.375 bits per heavy atom. The average molecular weight is 806 g/mol. The Labute approximate surface area is 336 Å². The zero-order valence-electron chi connectivity index (χ0n) is 34.7. The maximum atomic E-state index is 12.1. The number of anilines is 1. The predicted octanol–water partition coefficient (Wildman–Crippen LogP) is 4.83. The van der Waals surface area contributed by atoms with Crippen molar-refractivity contribution in [2.45, 2.75) is 52.4 Å². The number of benzene rings is 1. The lowest BCUT2D eigenvalue weighted by molar-refractivity contribution is -0.0288. The molecule has 0 saturated heterocycles. The summed E-state index contributed by atoms with van der Waals surface area (Å²) in [5.74, 6) is -0.361. The number of unbranched alkanes of at least 4 members (excludes halogenated alkanes) is 4. The van der Waals surface area contributed by atoms with Crippen LogP contribution in [-0.2, 0) is 61.6 Å². The van der Waals surface area contributed by atoms with Crippen LogP contribution >= 0.6 is 0 Å². The van der Waals surface area contributed by atoms with Gasteiger partial charge in [0.2, 0.25) is 0 Å². The fraction of sp³-hybridized carbons (Fsp3) is 0.829. The second-order valence-corrected chi connectivity index (χ2v) is 12.4. The van der Waals surface area contributed by atoms with E-state index in [1.54, 1.807) is 12.1 Å². The summed E-state index contributed by atoms with van der Waals surface area (Å²) in [6.07, 6.45) is 7.12. The van der Waals surface area contributed by atoms with Gasteiger partial charge in [-0.3, -0.25) is 0 Å². The third kappa shape index (κ3) is 37.6. The monoisotopic (exact) mass is 806 g/mol. The van der Waals surface area contributed by atoms with Crippen LogP contribution in [0, 0.1) is 0 Å². The normalized spacial score (nSPS) is 11.4. The molecule has 1 aromatic carbocycles. The molecule has 0 bridgehead atoms. The molecule has 0 radical (unpaired) electrons. The van der Waals surface area contributed by atoms with Gasteiger partial charge in [-0.05, 0) is 37.1 Å². The molecule has 0 aliphatic rings. The Balaban J connectivity index is 1.66. The third-order valence-electron chi connectivity index (χ3n) is 7.68. The van der Waals surface area contributed by atoms with Crippen LogP contribution in [0.4, 0.5) is 5.69 Å². The fourth-order valence-corrected chi connectivity index (χ4v) is 4.56. The van der Waals surface area contributed by atoms with Crippen LogP contribution in [0.1, 0.15) is 62.7 Å². The standard InChI is InChI=1S/C41H75NO14/c1-3-5-7-8-14-44-15-16-45-17-18-46-19-20-47-21-22-48-23-24-49-25-26-50-27-28-51-29-30-52-31-32-53-33-34-54-35-36-55-37-38-56-41(43)39-9-11-40(12-10-39)42-13-6-4-2/h9-12,42H,3-8,13-38H2,1-2H3. The molecule has 15 heteroatoms. The lowest BCUT2D eigenvalue weighted by atomic mass is 10.2. The number of nitrogens with one attached hydrogen (secondary N) is 1. The van der Waals surface area contributed by atoms with Crippen molar-refractivity contribution in [2.24, 2.45) is 0 Å². The van der Waals surface area contributed by atoms with Crippen molar-refractivity contribution in [1.82, 2.24) is 0 Å². The Bertz CT molecular complexity index is 930. The predicted molar refractivity (Wildman–Crippen MR) is 214 cm³/mol. The number of carbonyl (C=O) groups is 1. The molecule has 0 spiro atoms. The molecular formula is C41H75NO14. The summed E-state index contributed by atoms with van der Waals surface area (Å²) < 4.78 is 71.2. The lowest BCUT2D eigenvalue weighted by Gasteiger charge is -2.09. The van der Waals surface area contributed by atoms with Gasteiger partial charge in [0.1, 0.15) is 6.61 Å². The summed E-state index contributed by atoms with van der Waals surface area (Å²) >= 11 is 0. The highest BCUT2D eigenvalue weighted by Crippen LogP contribution is 2.11. The van der Waals surface area contributed by atoms with Gasteiger partial charge in [0.15, 0.2) is 0 Å². The molecule has 1 aromatic rings. The average Bonchev–Trinajstić information content (AvgIpc) is 3.21. The molecule has 1 N–H and O–H groups in total. The van der Waals surface area contributed by atoms with Crippen molar-refractivity contribution >= 4 is 11.7 Å². The number of esters is 1.